The van der Waals surface area contributed by atoms with Gasteiger partial charge in [-0.3, -0.25) is 14.4 Å². The number of likely N-dealkylation sites (N-methyl/N-ethyl adjacent to an activating group) is 1. The first-order valence-corrected chi connectivity index (χ1v) is 14.2. The SMILES string of the molecule is Cc1ccc(C(O)C2NC(=O)C(C)N(C)C(=O)C(C3CC3)NCC(C)Oc3ccccc3CCCNC2=O)cc1. The fourth-order valence-electron chi connectivity index (χ4n) is 4.97. The molecule has 2 aromatic rings. The maximum Gasteiger partial charge on any atom is 0.245 e. The first kappa shape index (κ1) is 29.6. The summed E-state index contributed by atoms with van der Waals surface area (Å²) in [5.74, 6) is -0.191. The Hall–Kier alpha value is -3.43. The number of aliphatic hydroxyl groups is 1. The van der Waals surface area contributed by atoms with E-state index in [1.807, 2.05) is 50.2 Å². The lowest BCUT2D eigenvalue weighted by molar-refractivity contribution is -0.142. The number of rotatable bonds is 3. The minimum atomic E-state index is -1.26. The molecule has 1 heterocycles. The molecule has 0 saturated heterocycles. The lowest BCUT2D eigenvalue weighted by Gasteiger charge is -2.31. The predicted molar refractivity (Wildman–Crippen MR) is 153 cm³/mol. The van der Waals surface area contributed by atoms with Crippen LogP contribution in [0.4, 0.5) is 0 Å². The Labute approximate surface area is 236 Å². The quantitative estimate of drug-likeness (QED) is 0.466. The van der Waals surface area contributed by atoms with Gasteiger partial charge in [-0.1, -0.05) is 48.0 Å². The Morgan fingerprint density at radius 2 is 1.70 bits per heavy atom. The second kappa shape index (κ2) is 13.3. The lowest BCUT2D eigenvalue weighted by atomic mass is 9.99. The van der Waals surface area contributed by atoms with Crippen LogP contribution in [0.15, 0.2) is 48.5 Å². The zero-order chi connectivity index (χ0) is 28.8. The molecule has 9 heteroatoms. The number of carbonyl (C=O) groups is 3. The van der Waals surface area contributed by atoms with Gasteiger partial charge >= 0.3 is 0 Å². The summed E-state index contributed by atoms with van der Waals surface area (Å²) in [5.41, 5.74) is 2.56. The highest BCUT2D eigenvalue weighted by Crippen LogP contribution is 2.34. The number of hydrogen-bond donors (Lipinski definition) is 4. The van der Waals surface area contributed by atoms with Crippen molar-refractivity contribution in [3.63, 3.8) is 0 Å². The summed E-state index contributed by atoms with van der Waals surface area (Å²) in [5, 5.41) is 20.2. The van der Waals surface area contributed by atoms with E-state index < -0.39 is 36.0 Å². The number of nitrogens with zero attached hydrogens (tertiary/aromatic N) is 1. The van der Waals surface area contributed by atoms with Crippen molar-refractivity contribution in [1.29, 1.82) is 0 Å². The third-order valence-corrected chi connectivity index (χ3v) is 7.83. The van der Waals surface area contributed by atoms with Crippen molar-refractivity contribution in [2.45, 2.75) is 76.8 Å². The van der Waals surface area contributed by atoms with Crippen molar-refractivity contribution >= 4 is 17.7 Å². The first-order chi connectivity index (χ1) is 19.2. The van der Waals surface area contributed by atoms with Crippen molar-refractivity contribution in [1.82, 2.24) is 20.9 Å². The van der Waals surface area contributed by atoms with Crippen molar-refractivity contribution in [2.24, 2.45) is 5.92 Å². The highest BCUT2D eigenvalue weighted by atomic mass is 16.5. The van der Waals surface area contributed by atoms with Crippen LogP contribution in [0.1, 0.15) is 55.9 Å². The van der Waals surface area contributed by atoms with Gasteiger partial charge in [0.1, 0.15) is 30.0 Å². The molecule has 5 unspecified atom stereocenters. The average Bonchev–Trinajstić information content (AvgIpc) is 3.78. The molecule has 40 heavy (non-hydrogen) atoms. The van der Waals surface area contributed by atoms with Crippen molar-refractivity contribution in [3.05, 3.63) is 65.2 Å². The van der Waals surface area contributed by atoms with Gasteiger partial charge in [-0.05, 0) is 69.6 Å². The molecule has 1 aliphatic carbocycles. The first-order valence-electron chi connectivity index (χ1n) is 14.2. The zero-order valence-corrected chi connectivity index (χ0v) is 23.9. The van der Waals surface area contributed by atoms with Crippen molar-refractivity contribution in [2.75, 3.05) is 20.1 Å². The molecular weight excluding hydrogens is 508 g/mol. The summed E-state index contributed by atoms with van der Waals surface area (Å²) in [6.45, 7) is 6.37. The number of carbonyl (C=O) groups excluding carboxylic acids is 3. The van der Waals surface area contributed by atoms with E-state index in [2.05, 4.69) is 16.0 Å². The van der Waals surface area contributed by atoms with Crippen molar-refractivity contribution in [3.8, 4) is 5.75 Å². The maximum absolute atomic E-state index is 13.5. The van der Waals surface area contributed by atoms with Crippen LogP contribution in [0.25, 0.3) is 0 Å². The normalized spacial score (nSPS) is 26.4. The highest BCUT2D eigenvalue weighted by molar-refractivity contribution is 5.93. The van der Waals surface area contributed by atoms with Gasteiger partial charge in [0.2, 0.25) is 17.7 Å². The average molecular weight is 551 g/mol. The Kier molecular flexibility index (Phi) is 9.81. The van der Waals surface area contributed by atoms with E-state index in [1.54, 1.807) is 26.1 Å². The van der Waals surface area contributed by atoms with Crippen LogP contribution in [0.2, 0.25) is 0 Å². The molecule has 2 aliphatic rings. The van der Waals surface area contributed by atoms with Gasteiger partial charge in [0.15, 0.2) is 0 Å². The molecule has 9 nitrogen and oxygen atoms in total. The smallest absolute Gasteiger partial charge is 0.245 e. The standard InChI is InChI=1S/C31H42N4O5/c1-19-11-13-24(14-12-19)28(36)27-30(38)32-17-7-9-22-8-5-6-10-25(22)40-20(2)18-33-26(23-15-16-23)31(39)35(4)21(3)29(37)34-27/h5-6,8,10-14,20-21,23,26-28,33,36H,7,9,15-18H2,1-4H3,(H,32,38)(H,34,37). The molecule has 216 valence electrons. The topological polar surface area (TPSA) is 120 Å². The number of fused-ring (bicyclic) bond motifs is 1. The number of aryl methyl sites for hydroxylation is 2. The van der Waals surface area contributed by atoms with E-state index in [1.165, 1.54) is 4.90 Å². The fraction of sp³-hybridized carbons (Fsp3) is 0.516. The number of ether oxygens (including phenoxy) is 1. The number of hydrogen-bond acceptors (Lipinski definition) is 6. The number of benzene rings is 2. The van der Waals surface area contributed by atoms with Gasteiger partial charge < -0.3 is 30.7 Å². The minimum Gasteiger partial charge on any atom is -0.489 e. The summed E-state index contributed by atoms with van der Waals surface area (Å²) in [4.78, 5) is 41.6. The van der Waals surface area contributed by atoms with Gasteiger partial charge in [-0.15, -0.1) is 0 Å². The largest absolute Gasteiger partial charge is 0.489 e. The third-order valence-electron chi connectivity index (χ3n) is 7.83. The van der Waals surface area contributed by atoms with Crippen LogP contribution < -0.4 is 20.7 Å². The van der Waals surface area contributed by atoms with Crippen LogP contribution in [0.5, 0.6) is 5.75 Å². The molecule has 0 aromatic heterocycles. The molecule has 0 radical (unpaired) electrons. The van der Waals surface area contributed by atoms with Crippen LogP contribution in [-0.2, 0) is 20.8 Å². The van der Waals surface area contributed by atoms with E-state index >= 15 is 0 Å². The number of para-hydroxylation sites is 1. The summed E-state index contributed by atoms with van der Waals surface area (Å²) in [7, 11) is 1.60. The monoisotopic (exact) mass is 550 g/mol. The molecule has 5 atom stereocenters. The number of aliphatic hydroxyl groups excluding tert-OH is 1. The Morgan fingerprint density at radius 3 is 2.40 bits per heavy atom. The summed E-state index contributed by atoms with van der Waals surface area (Å²) in [6, 6.07) is 12.5. The van der Waals surface area contributed by atoms with E-state index in [4.69, 9.17) is 4.74 Å². The lowest BCUT2D eigenvalue weighted by Crippen LogP contribution is -2.57. The van der Waals surface area contributed by atoms with Crippen LogP contribution in [-0.4, -0.2) is 72.1 Å². The minimum absolute atomic E-state index is 0.177. The molecule has 3 amide bonds. The van der Waals surface area contributed by atoms with Gasteiger partial charge in [0, 0.05) is 20.1 Å². The summed E-state index contributed by atoms with van der Waals surface area (Å²) in [6.07, 6.45) is 1.78. The third kappa shape index (κ3) is 7.40. The fourth-order valence-corrected chi connectivity index (χ4v) is 4.97. The maximum atomic E-state index is 13.5. The Bertz CT molecular complexity index is 1180. The molecule has 1 fully saturated rings. The van der Waals surface area contributed by atoms with E-state index in [0.717, 1.165) is 29.7 Å². The van der Waals surface area contributed by atoms with Crippen LogP contribution in [0.3, 0.4) is 0 Å². The predicted octanol–water partition coefficient (Wildman–Crippen LogP) is 2.26. The van der Waals surface area contributed by atoms with E-state index in [0.29, 0.717) is 31.5 Å². The molecule has 1 saturated carbocycles. The highest BCUT2D eigenvalue weighted by Gasteiger charge is 2.40. The van der Waals surface area contributed by atoms with Crippen LogP contribution in [0, 0.1) is 12.8 Å². The van der Waals surface area contributed by atoms with Gasteiger partial charge in [0.25, 0.3) is 0 Å². The van der Waals surface area contributed by atoms with Gasteiger partial charge in [-0.2, -0.15) is 0 Å². The molecule has 0 spiro atoms. The number of amides is 3. The van der Waals surface area contributed by atoms with E-state index in [-0.39, 0.29) is 17.9 Å². The molecule has 0 bridgehead atoms. The summed E-state index contributed by atoms with van der Waals surface area (Å²) >= 11 is 0. The van der Waals surface area contributed by atoms with Crippen molar-refractivity contribution < 1.29 is 24.2 Å². The second-order valence-corrected chi connectivity index (χ2v) is 11.1. The molecular formula is C31H42N4O5. The number of nitrogens with one attached hydrogen (secondary N) is 3. The Morgan fingerprint density at radius 1 is 1.00 bits per heavy atom. The Balaban J connectivity index is 1.59. The molecule has 4 rings (SSSR count). The zero-order valence-electron chi connectivity index (χ0n) is 23.9. The molecule has 1 aliphatic heterocycles. The molecule has 4 N–H and O–H groups in total. The summed E-state index contributed by atoms with van der Waals surface area (Å²) < 4.78 is 6.25. The van der Waals surface area contributed by atoms with Crippen LogP contribution >= 0.6 is 0 Å². The van der Waals surface area contributed by atoms with Gasteiger partial charge in [-0.25, -0.2) is 0 Å². The molecule has 2 aromatic carbocycles. The second-order valence-electron chi connectivity index (χ2n) is 11.1. The van der Waals surface area contributed by atoms with Gasteiger partial charge in [0.05, 0.1) is 6.04 Å². The van der Waals surface area contributed by atoms with E-state index in [9.17, 15) is 19.5 Å².